The number of carbonyl (C=O) groups excluding carboxylic acids is 2. The molecule has 9 heteroatoms. The summed E-state index contributed by atoms with van der Waals surface area (Å²) >= 11 is 0. The number of hydrogen-bond donors (Lipinski definition) is 2. The SMILES string of the molecule is C=CC(=O)Nc1cc(Nc2cc(-c3cn(C)c4ccccc34)ncn2)c(C=O)cc1N1CCN(C(C)(C)C)CC1. The molecule has 0 unspecified atom stereocenters. The molecule has 4 aromatic rings. The third-order valence-electron chi connectivity index (χ3n) is 7.41. The molecule has 0 saturated carbocycles. The summed E-state index contributed by atoms with van der Waals surface area (Å²) in [5.74, 6) is 0.216. The number of nitrogens with zero attached hydrogens (tertiary/aromatic N) is 5. The highest BCUT2D eigenvalue weighted by Gasteiger charge is 2.27. The Hall–Kier alpha value is -4.50. The zero-order valence-electron chi connectivity index (χ0n) is 23.4. The van der Waals surface area contributed by atoms with Crippen molar-refractivity contribution in [3.63, 3.8) is 0 Å². The van der Waals surface area contributed by atoms with Gasteiger partial charge >= 0.3 is 0 Å². The number of aldehydes is 1. The Balaban J connectivity index is 1.48. The molecule has 1 saturated heterocycles. The van der Waals surface area contributed by atoms with Gasteiger partial charge in [-0.1, -0.05) is 24.8 Å². The van der Waals surface area contributed by atoms with E-state index in [1.807, 2.05) is 37.5 Å². The predicted octanol–water partition coefficient (Wildman–Crippen LogP) is 5.24. The molecule has 9 nitrogen and oxygen atoms in total. The van der Waals surface area contributed by atoms with E-state index in [1.54, 1.807) is 6.07 Å². The summed E-state index contributed by atoms with van der Waals surface area (Å²) in [6.45, 7) is 13.5. The van der Waals surface area contributed by atoms with E-state index in [-0.39, 0.29) is 11.4 Å². The van der Waals surface area contributed by atoms with Crippen molar-refractivity contribution in [1.29, 1.82) is 0 Å². The quantitative estimate of drug-likeness (QED) is 0.246. The summed E-state index contributed by atoms with van der Waals surface area (Å²) in [5.41, 5.74) is 5.34. The second-order valence-corrected chi connectivity index (χ2v) is 11.0. The maximum atomic E-state index is 12.4. The highest BCUT2D eigenvalue weighted by atomic mass is 16.1. The van der Waals surface area contributed by atoms with Crippen LogP contribution in [0.4, 0.5) is 22.9 Å². The molecule has 2 N–H and O–H groups in total. The fourth-order valence-electron chi connectivity index (χ4n) is 5.23. The first-order chi connectivity index (χ1) is 19.2. The Labute approximate surface area is 234 Å². The molecule has 1 aliphatic rings. The minimum Gasteiger partial charge on any atom is -0.367 e. The number of carbonyl (C=O) groups is 2. The normalized spacial score (nSPS) is 14.2. The average Bonchev–Trinajstić information content (AvgIpc) is 3.29. The van der Waals surface area contributed by atoms with Crippen LogP contribution in [-0.4, -0.2) is 63.3 Å². The minimum atomic E-state index is -0.320. The summed E-state index contributed by atoms with van der Waals surface area (Å²) in [6.07, 6.45) is 5.61. The van der Waals surface area contributed by atoms with E-state index >= 15 is 0 Å². The van der Waals surface area contributed by atoms with Crippen molar-refractivity contribution in [2.45, 2.75) is 26.3 Å². The van der Waals surface area contributed by atoms with Gasteiger partial charge in [0.05, 0.1) is 22.8 Å². The number of fused-ring (bicyclic) bond motifs is 1. The number of aromatic nitrogens is 3. The first-order valence-corrected chi connectivity index (χ1v) is 13.4. The van der Waals surface area contributed by atoms with Gasteiger partial charge in [0, 0.05) is 73.1 Å². The summed E-state index contributed by atoms with van der Waals surface area (Å²) in [4.78, 5) is 38.2. The van der Waals surface area contributed by atoms with Crippen LogP contribution in [0.1, 0.15) is 31.1 Å². The number of rotatable bonds is 7. The first kappa shape index (κ1) is 27.1. The highest BCUT2D eigenvalue weighted by Crippen LogP contribution is 2.35. The molecule has 1 aliphatic heterocycles. The van der Waals surface area contributed by atoms with Crippen molar-refractivity contribution in [3.05, 3.63) is 73.2 Å². The van der Waals surface area contributed by atoms with E-state index in [0.717, 1.165) is 60.3 Å². The van der Waals surface area contributed by atoms with Crippen LogP contribution in [0.15, 0.2) is 67.6 Å². The van der Waals surface area contributed by atoms with Crippen LogP contribution in [0.5, 0.6) is 0 Å². The van der Waals surface area contributed by atoms with Crippen molar-refractivity contribution < 1.29 is 9.59 Å². The van der Waals surface area contributed by atoms with Crippen LogP contribution >= 0.6 is 0 Å². The van der Waals surface area contributed by atoms with Gasteiger partial charge in [0.2, 0.25) is 5.91 Å². The lowest BCUT2D eigenvalue weighted by atomic mass is 10.0. The number of benzene rings is 2. The molecule has 0 radical (unpaired) electrons. The average molecular weight is 538 g/mol. The Kier molecular flexibility index (Phi) is 7.40. The lowest BCUT2D eigenvalue weighted by Crippen LogP contribution is -2.53. The second kappa shape index (κ2) is 10.9. The molecule has 0 spiro atoms. The number of anilines is 4. The van der Waals surface area contributed by atoms with Gasteiger partial charge in [-0.15, -0.1) is 0 Å². The number of piperazine rings is 1. The van der Waals surface area contributed by atoms with Crippen LogP contribution < -0.4 is 15.5 Å². The molecule has 5 rings (SSSR count). The summed E-state index contributed by atoms with van der Waals surface area (Å²) in [7, 11) is 2.01. The van der Waals surface area contributed by atoms with Crippen LogP contribution in [0.2, 0.25) is 0 Å². The van der Waals surface area contributed by atoms with Crippen LogP contribution in [0, 0.1) is 0 Å². The summed E-state index contributed by atoms with van der Waals surface area (Å²) in [6, 6.07) is 13.6. The maximum absolute atomic E-state index is 12.4. The van der Waals surface area contributed by atoms with Crippen molar-refractivity contribution >= 4 is 46.0 Å². The lowest BCUT2D eigenvalue weighted by Gasteiger charge is -2.43. The van der Waals surface area contributed by atoms with E-state index < -0.39 is 0 Å². The van der Waals surface area contributed by atoms with Gasteiger partial charge in [-0.2, -0.15) is 0 Å². The zero-order chi connectivity index (χ0) is 28.4. The van der Waals surface area contributed by atoms with Crippen molar-refractivity contribution in [1.82, 2.24) is 19.4 Å². The number of para-hydroxylation sites is 1. The molecule has 3 heterocycles. The fourth-order valence-corrected chi connectivity index (χ4v) is 5.23. The van der Waals surface area contributed by atoms with E-state index in [2.05, 4.69) is 74.5 Å². The minimum absolute atomic E-state index is 0.0795. The topological polar surface area (TPSA) is 95.4 Å². The number of hydrogen-bond acceptors (Lipinski definition) is 7. The van der Waals surface area contributed by atoms with E-state index in [9.17, 15) is 9.59 Å². The molecule has 206 valence electrons. The molecule has 40 heavy (non-hydrogen) atoms. The van der Waals surface area contributed by atoms with Gasteiger partial charge in [0.25, 0.3) is 0 Å². The zero-order valence-corrected chi connectivity index (χ0v) is 23.4. The summed E-state index contributed by atoms with van der Waals surface area (Å²) < 4.78 is 2.07. The van der Waals surface area contributed by atoms with E-state index in [0.29, 0.717) is 22.8 Å². The first-order valence-electron chi connectivity index (χ1n) is 13.4. The third-order valence-corrected chi connectivity index (χ3v) is 7.41. The molecule has 2 aromatic heterocycles. The molecular weight excluding hydrogens is 502 g/mol. The number of amides is 1. The number of aryl methyl sites for hydroxylation is 1. The smallest absolute Gasteiger partial charge is 0.247 e. The van der Waals surface area contributed by atoms with E-state index in [1.165, 1.54) is 12.4 Å². The standard InChI is InChI=1S/C31H35N7O2/c1-6-30(40)35-26-16-24(21(19-39)15-28(26)37-11-13-38(14-12-37)31(2,3)4)34-29-17-25(32-20-33-29)23-18-36(5)27-10-8-7-9-22(23)27/h6-10,15-20H,1,11-14H2,2-5H3,(H,35,40)(H,32,33,34). The Bertz CT molecular complexity index is 1580. The number of nitrogens with one attached hydrogen (secondary N) is 2. The van der Waals surface area contributed by atoms with E-state index in [4.69, 9.17) is 0 Å². The van der Waals surface area contributed by atoms with Crippen LogP contribution in [0.3, 0.4) is 0 Å². The molecule has 0 bridgehead atoms. The largest absolute Gasteiger partial charge is 0.367 e. The Morgan fingerprint density at radius 1 is 1.02 bits per heavy atom. The molecular formula is C31H35N7O2. The van der Waals surface area contributed by atoms with Gasteiger partial charge in [0.15, 0.2) is 6.29 Å². The van der Waals surface area contributed by atoms with Crippen molar-refractivity contribution in [2.75, 3.05) is 41.7 Å². The monoisotopic (exact) mass is 537 g/mol. The van der Waals surface area contributed by atoms with Crippen LogP contribution in [0.25, 0.3) is 22.2 Å². The lowest BCUT2D eigenvalue weighted by molar-refractivity contribution is -0.111. The Morgan fingerprint density at radius 2 is 1.77 bits per heavy atom. The fraction of sp³-hybridized carbons (Fsp3) is 0.290. The van der Waals surface area contributed by atoms with Crippen molar-refractivity contribution in [3.8, 4) is 11.3 Å². The molecule has 1 amide bonds. The second-order valence-electron chi connectivity index (χ2n) is 11.0. The van der Waals surface area contributed by atoms with Gasteiger partial charge in [-0.25, -0.2) is 9.97 Å². The van der Waals surface area contributed by atoms with Gasteiger partial charge in [-0.05, 0) is 45.0 Å². The molecule has 2 aromatic carbocycles. The van der Waals surface area contributed by atoms with Gasteiger partial charge in [0.1, 0.15) is 12.1 Å². The van der Waals surface area contributed by atoms with Crippen molar-refractivity contribution in [2.24, 2.45) is 7.05 Å². The van der Waals surface area contributed by atoms with Gasteiger partial charge < -0.3 is 20.1 Å². The predicted molar refractivity (Wildman–Crippen MR) is 161 cm³/mol. The Morgan fingerprint density at radius 3 is 2.48 bits per heavy atom. The van der Waals surface area contributed by atoms with Gasteiger partial charge in [-0.3, -0.25) is 14.5 Å². The molecule has 1 fully saturated rings. The summed E-state index contributed by atoms with van der Waals surface area (Å²) in [5, 5.41) is 7.31. The van der Waals surface area contributed by atoms with Crippen LogP contribution in [-0.2, 0) is 11.8 Å². The maximum Gasteiger partial charge on any atom is 0.247 e. The highest BCUT2D eigenvalue weighted by molar-refractivity contribution is 6.03. The molecule has 0 aliphatic carbocycles. The third kappa shape index (κ3) is 5.46. The molecule has 0 atom stereocenters.